The van der Waals surface area contributed by atoms with E-state index in [1.54, 1.807) is 0 Å². The van der Waals surface area contributed by atoms with Crippen LogP contribution in [0, 0.1) is 11.3 Å². The van der Waals surface area contributed by atoms with Gasteiger partial charge in [-0.15, -0.1) is 0 Å². The molecule has 0 fully saturated rings. The van der Waals surface area contributed by atoms with E-state index < -0.39 is 0 Å². The number of aromatic nitrogens is 2. The number of amides is 1. The summed E-state index contributed by atoms with van der Waals surface area (Å²) >= 11 is 5.65. The zero-order valence-corrected chi connectivity index (χ0v) is 7.67. The molecule has 0 spiro atoms. The smallest absolute Gasteiger partial charge is 0.255 e. The maximum absolute atomic E-state index is 11.1. The third-order valence-electron chi connectivity index (χ3n) is 1.42. The maximum atomic E-state index is 11.1. The summed E-state index contributed by atoms with van der Waals surface area (Å²) in [5, 5.41) is 14.7. The Labute approximate surface area is 79.9 Å². The molecule has 0 saturated heterocycles. The number of nitrogens with one attached hydrogen (secondary N) is 1. The molecule has 0 unspecified atom stereocenters. The van der Waals surface area contributed by atoms with E-state index >= 15 is 0 Å². The van der Waals surface area contributed by atoms with Crippen LogP contribution in [0.25, 0.3) is 0 Å². The summed E-state index contributed by atoms with van der Waals surface area (Å²) < 4.78 is 1.31. The first-order valence-electron chi connectivity index (χ1n) is 3.51. The predicted molar refractivity (Wildman–Crippen MR) is 46.2 cm³/mol. The van der Waals surface area contributed by atoms with Crippen molar-refractivity contribution in [2.75, 3.05) is 7.05 Å². The van der Waals surface area contributed by atoms with Crippen LogP contribution in [0.2, 0.25) is 5.15 Å². The lowest BCUT2D eigenvalue weighted by atomic mass is 10.3. The van der Waals surface area contributed by atoms with Gasteiger partial charge in [0, 0.05) is 13.2 Å². The monoisotopic (exact) mass is 198 g/mol. The number of halogens is 1. The summed E-state index contributed by atoms with van der Waals surface area (Å²) in [4.78, 5) is 11.1. The molecule has 1 heterocycles. The summed E-state index contributed by atoms with van der Waals surface area (Å²) in [5.74, 6) is -0.311. The Bertz CT molecular complexity index is 365. The van der Waals surface area contributed by atoms with Gasteiger partial charge in [0.15, 0.2) is 5.15 Å². The first-order chi connectivity index (χ1) is 6.19. The van der Waals surface area contributed by atoms with E-state index in [9.17, 15) is 4.79 Å². The number of nitriles is 1. The lowest BCUT2D eigenvalue weighted by molar-refractivity contribution is 0.0963. The molecule has 1 aromatic heterocycles. The Morgan fingerprint density at radius 3 is 3.15 bits per heavy atom. The molecule has 1 N–H and O–H groups in total. The van der Waals surface area contributed by atoms with Gasteiger partial charge in [0.1, 0.15) is 6.54 Å². The minimum absolute atomic E-state index is 0.0801. The van der Waals surface area contributed by atoms with Crippen molar-refractivity contribution >= 4 is 17.5 Å². The highest BCUT2D eigenvalue weighted by molar-refractivity contribution is 6.32. The standard InChI is InChI=1S/C7H7ClN4O/c1-10-7(13)5-4-12(3-2-9)11-6(5)8/h4H,3H2,1H3,(H,10,13). The second-order valence-corrected chi connectivity index (χ2v) is 2.63. The van der Waals surface area contributed by atoms with Crippen LogP contribution in [0.5, 0.6) is 0 Å². The summed E-state index contributed by atoms with van der Waals surface area (Å²) in [6.45, 7) is 0.0801. The molecular formula is C7H7ClN4O. The number of carbonyl (C=O) groups is 1. The van der Waals surface area contributed by atoms with Crippen molar-refractivity contribution in [2.24, 2.45) is 0 Å². The predicted octanol–water partition coefficient (Wildman–Crippen LogP) is 0.420. The van der Waals surface area contributed by atoms with Crippen molar-refractivity contribution in [1.29, 1.82) is 5.26 Å². The first kappa shape index (κ1) is 9.55. The van der Waals surface area contributed by atoms with E-state index in [-0.39, 0.29) is 23.2 Å². The van der Waals surface area contributed by atoms with E-state index in [1.807, 2.05) is 6.07 Å². The lowest BCUT2D eigenvalue weighted by Gasteiger charge is -1.92. The largest absolute Gasteiger partial charge is 0.355 e. The fraction of sp³-hybridized carbons (Fsp3) is 0.286. The van der Waals surface area contributed by atoms with Gasteiger partial charge >= 0.3 is 0 Å². The molecule has 13 heavy (non-hydrogen) atoms. The zero-order chi connectivity index (χ0) is 9.84. The molecule has 0 aliphatic rings. The highest BCUT2D eigenvalue weighted by Gasteiger charge is 2.12. The van der Waals surface area contributed by atoms with Crippen molar-refractivity contribution in [3.05, 3.63) is 16.9 Å². The fourth-order valence-corrected chi connectivity index (χ4v) is 1.07. The Balaban J connectivity index is 2.97. The van der Waals surface area contributed by atoms with Gasteiger partial charge in [0.25, 0.3) is 5.91 Å². The van der Waals surface area contributed by atoms with E-state index in [0.717, 1.165) is 0 Å². The average molecular weight is 199 g/mol. The highest BCUT2D eigenvalue weighted by Crippen LogP contribution is 2.12. The van der Waals surface area contributed by atoms with Gasteiger partial charge < -0.3 is 5.32 Å². The third-order valence-corrected chi connectivity index (χ3v) is 1.70. The van der Waals surface area contributed by atoms with Crippen LogP contribution in [0.15, 0.2) is 6.20 Å². The molecular weight excluding hydrogens is 192 g/mol. The third kappa shape index (κ3) is 1.98. The van der Waals surface area contributed by atoms with E-state index in [4.69, 9.17) is 16.9 Å². The molecule has 0 radical (unpaired) electrons. The normalized spacial score (nSPS) is 9.31. The summed E-state index contributed by atoms with van der Waals surface area (Å²) in [6, 6.07) is 1.89. The molecule has 1 rings (SSSR count). The van der Waals surface area contributed by atoms with Crippen LogP contribution < -0.4 is 5.32 Å². The summed E-state index contributed by atoms with van der Waals surface area (Å²) in [7, 11) is 1.50. The molecule has 5 nitrogen and oxygen atoms in total. The van der Waals surface area contributed by atoms with Crippen molar-refractivity contribution in [1.82, 2.24) is 15.1 Å². The van der Waals surface area contributed by atoms with Gasteiger partial charge in [-0.25, -0.2) is 0 Å². The van der Waals surface area contributed by atoms with Gasteiger partial charge in [0.2, 0.25) is 0 Å². The fourth-order valence-electron chi connectivity index (χ4n) is 0.838. The van der Waals surface area contributed by atoms with Crippen molar-refractivity contribution in [3.8, 4) is 6.07 Å². The van der Waals surface area contributed by atoms with Gasteiger partial charge in [0.05, 0.1) is 11.6 Å². The van der Waals surface area contributed by atoms with Crippen molar-refractivity contribution in [3.63, 3.8) is 0 Å². The molecule has 1 amide bonds. The number of carbonyl (C=O) groups excluding carboxylic acids is 1. The molecule has 0 bridgehead atoms. The molecule has 0 atom stereocenters. The Hall–Kier alpha value is -1.54. The topological polar surface area (TPSA) is 70.7 Å². The summed E-state index contributed by atoms with van der Waals surface area (Å²) in [6.07, 6.45) is 1.43. The van der Waals surface area contributed by atoms with Crippen LogP contribution in [-0.4, -0.2) is 22.7 Å². The molecule has 1 aromatic rings. The second kappa shape index (κ2) is 3.92. The molecule has 6 heteroatoms. The van der Waals surface area contributed by atoms with Crippen LogP contribution in [-0.2, 0) is 6.54 Å². The van der Waals surface area contributed by atoms with Gasteiger partial charge in [-0.05, 0) is 0 Å². The maximum Gasteiger partial charge on any atom is 0.255 e. The van der Waals surface area contributed by atoms with Crippen LogP contribution >= 0.6 is 11.6 Å². The Morgan fingerprint density at radius 2 is 2.62 bits per heavy atom. The molecule has 0 aliphatic carbocycles. The Morgan fingerprint density at radius 1 is 1.92 bits per heavy atom. The number of hydrogen-bond acceptors (Lipinski definition) is 3. The Kier molecular flexibility index (Phi) is 2.88. The van der Waals surface area contributed by atoms with Crippen LogP contribution in [0.1, 0.15) is 10.4 Å². The number of hydrogen-bond donors (Lipinski definition) is 1. The van der Waals surface area contributed by atoms with Crippen LogP contribution in [0.4, 0.5) is 0 Å². The first-order valence-corrected chi connectivity index (χ1v) is 3.88. The van der Waals surface area contributed by atoms with Gasteiger partial charge in [-0.3, -0.25) is 9.48 Å². The quantitative estimate of drug-likeness (QED) is 0.749. The molecule has 0 saturated carbocycles. The minimum Gasteiger partial charge on any atom is -0.355 e. The lowest BCUT2D eigenvalue weighted by Crippen LogP contribution is -2.17. The van der Waals surface area contributed by atoms with E-state index in [1.165, 1.54) is 17.9 Å². The average Bonchev–Trinajstić information content (AvgIpc) is 2.46. The zero-order valence-electron chi connectivity index (χ0n) is 6.91. The number of rotatable bonds is 2. The van der Waals surface area contributed by atoms with Crippen molar-refractivity contribution in [2.45, 2.75) is 6.54 Å². The van der Waals surface area contributed by atoms with E-state index in [2.05, 4.69) is 10.4 Å². The summed E-state index contributed by atoms with van der Waals surface area (Å²) in [5.41, 5.74) is 0.277. The van der Waals surface area contributed by atoms with Gasteiger partial charge in [-0.1, -0.05) is 11.6 Å². The van der Waals surface area contributed by atoms with Crippen molar-refractivity contribution < 1.29 is 4.79 Å². The molecule has 0 aromatic carbocycles. The SMILES string of the molecule is CNC(=O)c1cn(CC#N)nc1Cl. The molecule has 68 valence electrons. The molecule has 0 aliphatic heterocycles. The van der Waals surface area contributed by atoms with E-state index in [0.29, 0.717) is 0 Å². The van der Waals surface area contributed by atoms with Crippen LogP contribution in [0.3, 0.4) is 0 Å². The number of nitrogens with zero attached hydrogens (tertiary/aromatic N) is 3. The second-order valence-electron chi connectivity index (χ2n) is 2.27. The highest BCUT2D eigenvalue weighted by atomic mass is 35.5. The van der Waals surface area contributed by atoms with Gasteiger partial charge in [-0.2, -0.15) is 10.4 Å². The minimum atomic E-state index is -0.311.